The van der Waals surface area contributed by atoms with E-state index in [2.05, 4.69) is 5.32 Å². The smallest absolute Gasteiger partial charge is 0.239 e. The number of amides is 1. The molecule has 1 N–H and O–H groups in total. The number of nitrogens with zero attached hydrogens (tertiary/aromatic N) is 1. The van der Waals surface area contributed by atoms with Gasteiger partial charge in [0.15, 0.2) is 0 Å². The van der Waals surface area contributed by atoms with Gasteiger partial charge in [-0.15, -0.1) is 0 Å². The standard InChI is InChI=1S/C18H26N2O2/c1-20(12-13-7-9-15(22-2)10-8-13)18(21)17-11-14-5-3-4-6-16(14)19-17/h7-10,14,16-17,19H,3-6,11-12H2,1-2H3. The monoisotopic (exact) mass is 302 g/mol. The third kappa shape index (κ3) is 3.27. The van der Waals surface area contributed by atoms with Crippen LogP contribution in [0.4, 0.5) is 0 Å². The van der Waals surface area contributed by atoms with Crippen LogP contribution in [-0.2, 0) is 11.3 Å². The molecule has 1 aliphatic carbocycles. The fourth-order valence-corrected chi connectivity index (χ4v) is 3.86. The van der Waals surface area contributed by atoms with Gasteiger partial charge in [-0.1, -0.05) is 25.0 Å². The van der Waals surface area contributed by atoms with Crippen LogP contribution >= 0.6 is 0 Å². The summed E-state index contributed by atoms with van der Waals surface area (Å²) in [5, 5.41) is 3.57. The number of hydrogen-bond acceptors (Lipinski definition) is 3. The Hall–Kier alpha value is -1.55. The van der Waals surface area contributed by atoms with Crippen molar-refractivity contribution in [1.29, 1.82) is 0 Å². The first-order valence-corrected chi connectivity index (χ1v) is 8.31. The second kappa shape index (κ2) is 6.69. The Morgan fingerprint density at radius 1 is 1.27 bits per heavy atom. The van der Waals surface area contributed by atoms with Gasteiger partial charge in [-0.05, 0) is 42.9 Å². The van der Waals surface area contributed by atoms with Crippen LogP contribution in [0.1, 0.15) is 37.7 Å². The molecule has 1 heterocycles. The number of methoxy groups -OCH3 is 1. The van der Waals surface area contributed by atoms with E-state index in [9.17, 15) is 4.79 Å². The second-order valence-corrected chi connectivity index (χ2v) is 6.65. The van der Waals surface area contributed by atoms with Crippen LogP contribution in [0.2, 0.25) is 0 Å². The van der Waals surface area contributed by atoms with Crippen molar-refractivity contribution in [2.45, 2.75) is 50.7 Å². The van der Waals surface area contributed by atoms with Crippen molar-refractivity contribution in [1.82, 2.24) is 10.2 Å². The molecule has 1 saturated heterocycles. The number of fused-ring (bicyclic) bond motifs is 1. The largest absolute Gasteiger partial charge is 0.497 e. The van der Waals surface area contributed by atoms with E-state index in [1.165, 1.54) is 25.7 Å². The van der Waals surface area contributed by atoms with Crippen molar-refractivity contribution >= 4 is 5.91 Å². The highest BCUT2D eigenvalue weighted by Crippen LogP contribution is 2.33. The summed E-state index contributed by atoms with van der Waals surface area (Å²) in [7, 11) is 3.56. The Morgan fingerprint density at radius 2 is 2.00 bits per heavy atom. The van der Waals surface area contributed by atoms with E-state index in [1.54, 1.807) is 7.11 Å². The average molecular weight is 302 g/mol. The quantitative estimate of drug-likeness (QED) is 0.929. The van der Waals surface area contributed by atoms with E-state index in [-0.39, 0.29) is 11.9 Å². The maximum absolute atomic E-state index is 12.7. The summed E-state index contributed by atoms with van der Waals surface area (Å²) in [6.07, 6.45) is 6.15. The molecule has 22 heavy (non-hydrogen) atoms. The van der Waals surface area contributed by atoms with Crippen LogP contribution in [0.5, 0.6) is 5.75 Å². The zero-order valence-corrected chi connectivity index (χ0v) is 13.5. The molecule has 0 spiro atoms. The summed E-state index contributed by atoms with van der Waals surface area (Å²) in [5.74, 6) is 1.78. The van der Waals surface area contributed by atoms with Gasteiger partial charge in [0.1, 0.15) is 5.75 Å². The van der Waals surface area contributed by atoms with Gasteiger partial charge < -0.3 is 15.0 Å². The predicted molar refractivity (Wildman–Crippen MR) is 86.8 cm³/mol. The van der Waals surface area contributed by atoms with Crippen LogP contribution in [0.25, 0.3) is 0 Å². The molecule has 3 rings (SSSR count). The maximum Gasteiger partial charge on any atom is 0.239 e. The van der Waals surface area contributed by atoms with E-state index >= 15 is 0 Å². The summed E-state index contributed by atoms with van der Waals surface area (Å²) < 4.78 is 5.17. The Kier molecular flexibility index (Phi) is 4.67. The van der Waals surface area contributed by atoms with Gasteiger partial charge in [0.25, 0.3) is 0 Å². The minimum Gasteiger partial charge on any atom is -0.497 e. The Balaban J connectivity index is 1.57. The fraction of sp³-hybridized carbons (Fsp3) is 0.611. The van der Waals surface area contributed by atoms with E-state index in [4.69, 9.17) is 4.74 Å². The van der Waals surface area contributed by atoms with Gasteiger partial charge in [-0.3, -0.25) is 4.79 Å². The Bertz CT molecular complexity index is 500. The molecular formula is C18H26N2O2. The number of carbonyl (C=O) groups excluding carboxylic acids is 1. The minimum atomic E-state index is 0.0105. The summed E-state index contributed by atoms with van der Waals surface area (Å²) in [6.45, 7) is 0.649. The van der Waals surface area contributed by atoms with E-state index in [1.807, 2.05) is 36.2 Å². The van der Waals surface area contributed by atoms with Crippen LogP contribution < -0.4 is 10.1 Å². The lowest BCUT2D eigenvalue weighted by Crippen LogP contribution is -2.43. The number of likely N-dealkylation sites (N-methyl/N-ethyl adjacent to an activating group) is 1. The molecule has 1 saturated carbocycles. The number of hydrogen-bond donors (Lipinski definition) is 1. The minimum absolute atomic E-state index is 0.0105. The fourth-order valence-electron chi connectivity index (χ4n) is 3.86. The SMILES string of the molecule is COc1ccc(CN(C)C(=O)C2CC3CCCCC3N2)cc1. The molecule has 4 nitrogen and oxygen atoms in total. The van der Waals surface area contributed by atoms with Crippen LogP contribution in [0.3, 0.4) is 0 Å². The molecule has 1 aromatic carbocycles. The molecule has 2 fully saturated rings. The number of benzene rings is 1. The first-order chi connectivity index (χ1) is 10.7. The van der Waals surface area contributed by atoms with Crippen molar-refractivity contribution in [2.75, 3.05) is 14.2 Å². The van der Waals surface area contributed by atoms with Gasteiger partial charge in [0.2, 0.25) is 5.91 Å². The first kappa shape index (κ1) is 15.3. The highest BCUT2D eigenvalue weighted by molar-refractivity contribution is 5.82. The molecule has 2 aliphatic rings. The molecule has 1 aliphatic heterocycles. The molecular weight excluding hydrogens is 276 g/mol. The van der Waals surface area contributed by atoms with Crippen LogP contribution in [0.15, 0.2) is 24.3 Å². The van der Waals surface area contributed by atoms with Gasteiger partial charge in [0.05, 0.1) is 13.2 Å². The van der Waals surface area contributed by atoms with Crippen molar-refractivity contribution < 1.29 is 9.53 Å². The van der Waals surface area contributed by atoms with Crippen molar-refractivity contribution in [3.8, 4) is 5.75 Å². The lowest BCUT2D eigenvalue weighted by atomic mass is 9.85. The molecule has 120 valence electrons. The zero-order chi connectivity index (χ0) is 15.5. The van der Waals surface area contributed by atoms with Gasteiger partial charge in [-0.2, -0.15) is 0 Å². The second-order valence-electron chi connectivity index (χ2n) is 6.65. The molecule has 0 bridgehead atoms. The van der Waals surface area contributed by atoms with Gasteiger partial charge >= 0.3 is 0 Å². The van der Waals surface area contributed by atoms with Crippen LogP contribution in [-0.4, -0.2) is 37.0 Å². The molecule has 3 atom stereocenters. The van der Waals surface area contributed by atoms with Crippen LogP contribution in [0, 0.1) is 5.92 Å². The topological polar surface area (TPSA) is 41.6 Å². The zero-order valence-electron chi connectivity index (χ0n) is 13.5. The highest BCUT2D eigenvalue weighted by Gasteiger charge is 2.39. The molecule has 0 radical (unpaired) electrons. The van der Waals surface area contributed by atoms with Crippen molar-refractivity contribution in [3.05, 3.63) is 29.8 Å². The lowest BCUT2D eigenvalue weighted by molar-refractivity contribution is -0.132. The summed E-state index contributed by atoms with van der Waals surface area (Å²) in [5.41, 5.74) is 1.13. The summed E-state index contributed by atoms with van der Waals surface area (Å²) in [6, 6.07) is 8.49. The lowest BCUT2D eigenvalue weighted by Gasteiger charge is -2.24. The molecule has 4 heteroatoms. The van der Waals surface area contributed by atoms with Crippen molar-refractivity contribution in [3.63, 3.8) is 0 Å². The normalized spacial score (nSPS) is 27.3. The average Bonchev–Trinajstić information content (AvgIpc) is 2.98. The number of rotatable bonds is 4. The van der Waals surface area contributed by atoms with Crippen molar-refractivity contribution in [2.24, 2.45) is 5.92 Å². The number of nitrogens with one attached hydrogen (secondary N) is 1. The molecule has 1 aromatic rings. The molecule has 0 aromatic heterocycles. The number of ether oxygens (including phenoxy) is 1. The third-order valence-corrected chi connectivity index (χ3v) is 5.12. The highest BCUT2D eigenvalue weighted by atomic mass is 16.5. The Morgan fingerprint density at radius 3 is 2.68 bits per heavy atom. The predicted octanol–water partition coefficient (Wildman–Crippen LogP) is 2.57. The molecule has 1 amide bonds. The van der Waals surface area contributed by atoms with Gasteiger partial charge in [0, 0.05) is 19.6 Å². The first-order valence-electron chi connectivity index (χ1n) is 8.31. The maximum atomic E-state index is 12.7. The third-order valence-electron chi connectivity index (χ3n) is 5.12. The van der Waals surface area contributed by atoms with E-state index < -0.39 is 0 Å². The summed E-state index contributed by atoms with van der Waals surface area (Å²) in [4.78, 5) is 14.5. The Labute approximate surface area is 132 Å². The van der Waals surface area contributed by atoms with E-state index in [0.29, 0.717) is 18.5 Å². The number of carbonyl (C=O) groups is 1. The van der Waals surface area contributed by atoms with Gasteiger partial charge in [-0.25, -0.2) is 0 Å². The van der Waals surface area contributed by atoms with E-state index in [0.717, 1.165) is 17.7 Å². The molecule has 3 unspecified atom stereocenters. The summed E-state index contributed by atoms with van der Waals surface area (Å²) >= 11 is 0.